The fourth-order valence-corrected chi connectivity index (χ4v) is 5.30. The third-order valence-corrected chi connectivity index (χ3v) is 7.76. The van der Waals surface area contributed by atoms with Crippen molar-refractivity contribution in [2.45, 2.75) is 26.7 Å². The Morgan fingerprint density at radius 2 is 1.00 bits per heavy atom. The van der Waals surface area contributed by atoms with Crippen molar-refractivity contribution in [1.82, 2.24) is 19.9 Å². The Balaban J connectivity index is 1.76. The minimum atomic E-state index is 0.542. The summed E-state index contributed by atoms with van der Waals surface area (Å²) >= 11 is 18.7. The lowest BCUT2D eigenvalue weighted by Crippen LogP contribution is -2.23. The van der Waals surface area contributed by atoms with E-state index in [0.717, 1.165) is 46.6 Å². The van der Waals surface area contributed by atoms with Crippen LogP contribution in [0.2, 0.25) is 15.1 Å². The molecular weight excluding hydrogens is 583 g/mol. The van der Waals surface area contributed by atoms with Crippen molar-refractivity contribution in [3.8, 4) is 0 Å². The smallest absolute Gasteiger partial charge is 0.166 e. The van der Waals surface area contributed by atoms with Gasteiger partial charge in [0.15, 0.2) is 5.82 Å². The molecule has 1 heterocycles. The summed E-state index contributed by atoms with van der Waals surface area (Å²) < 4.78 is 0. The molecular formula is C35H31Cl3N4. The van der Waals surface area contributed by atoms with Gasteiger partial charge in [-0.2, -0.15) is 0 Å². The molecule has 0 saturated carbocycles. The van der Waals surface area contributed by atoms with E-state index in [1.807, 2.05) is 78.9 Å². The Labute approximate surface area is 262 Å². The van der Waals surface area contributed by atoms with Crippen LogP contribution in [0.4, 0.5) is 0 Å². The lowest BCUT2D eigenvalue weighted by molar-refractivity contribution is 0.442. The van der Waals surface area contributed by atoms with Crippen molar-refractivity contribution in [3.05, 3.63) is 158 Å². The fourth-order valence-electron chi connectivity index (χ4n) is 4.92. The molecule has 0 atom stereocenters. The first-order valence-corrected chi connectivity index (χ1v) is 15.1. The van der Waals surface area contributed by atoms with E-state index < -0.39 is 0 Å². The van der Waals surface area contributed by atoms with Crippen LogP contribution in [-0.2, 0) is 12.8 Å². The van der Waals surface area contributed by atoms with Crippen molar-refractivity contribution >= 4 is 46.1 Å². The Morgan fingerprint density at radius 1 is 0.548 bits per heavy atom. The van der Waals surface area contributed by atoms with E-state index in [4.69, 9.17) is 49.8 Å². The second-order valence-electron chi connectivity index (χ2n) is 9.87. The molecule has 0 N–H and O–H groups in total. The average Bonchev–Trinajstić information content (AvgIpc) is 3.01. The van der Waals surface area contributed by atoms with Gasteiger partial charge in [0.25, 0.3) is 0 Å². The van der Waals surface area contributed by atoms with Gasteiger partial charge in [0.1, 0.15) is 11.6 Å². The molecule has 0 bridgehead atoms. The molecule has 0 unspecified atom stereocenters. The zero-order valence-electron chi connectivity index (χ0n) is 23.6. The van der Waals surface area contributed by atoms with Gasteiger partial charge < -0.3 is 4.90 Å². The number of halogens is 3. The van der Waals surface area contributed by atoms with Crippen LogP contribution in [0.5, 0.6) is 0 Å². The van der Waals surface area contributed by atoms with E-state index in [0.29, 0.717) is 45.4 Å². The number of rotatable bonds is 10. The number of aromatic nitrogens is 3. The predicted molar refractivity (Wildman–Crippen MR) is 175 cm³/mol. The van der Waals surface area contributed by atoms with E-state index in [9.17, 15) is 0 Å². The first kappa shape index (κ1) is 29.8. The van der Waals surface area contributed by atoms with Gasteiger partial charge in [-0.3, -0.25) is 0 Å². The molecule has 4 aromatic carbocycles. The summed E-state index contributed by atoms with van der Waals surface area (Å²) in [6.45, 7) is 5.96. The summed E-state index contributed by atoms with van der Waals surface area (Å²) in [7, 11) is 0. The second-order valence-corrected chi connectivity index (χ2v) is 11.2. The van der Waals surface area contributed by atoms with Crippen molar-refractivity contribution in [1.29, 1.82) is 0 Å². The highest BCUT2D eigenvalue weighted by Crippen LogP contribution is 2.34. The van der Waals surface area contributed by atoms with E-state index in [-0.39, 0.29) is 0 Å². The van der Waals surface area contributed by atoms with Gasteiger partial charge in [-0.1, -0.05) is 102 Å². The lowest BCUT2D eigenvalue weighted by atomic mass is 9.97. The van der Waals surface area contributed by atoms with Gasteiger partial charge in [0.2, 0.25) is 0 Å². The van der Waals surface area contributed by atoms with Crippen LogP contribution in [-0.4, -0.2) is 32.9 Å². The summed E-state index contributed by atoms with van der Waals surface area (Å²) in [6.07, 6.45) is 1.08. The quantitative estimate of drug-likeness (QED) is 0.147. The molecule has 5 rings (SSSR count). The van der Waals surface area contributed by atoms with Crippen molar-refractivity contribution in [3.63, 3.8) is 0 Å². The summed E-state index contributed by atoms with van der Waals surface area (Å²) in [4.78, 5) is 17.5. The molecule has 0 amide bonds. The largest absolute Gasteiger partial charge is 0.371 e. The number of hydrogen-bond donors (Lipinski definition) is 0. The Hall–Kier alpha value is -3.70. The molecule has 0 fully saturated rings. The molecule has 0 aliphatic carbocycles. The van der Waals surface area contributed by atoms with Crippen LogP contribution >= 0.6 is 34.8 Å². The van der Waals surface area contributed by atoms with E-state index >= 15 is 0 Å². The highest BCUT2D eigenvalue weighted by molar-refractivity contribution is 6.31. The van der Waals surface area contributed by atoms with E-state index in [1.54, 1.807) is 0 Å². The van der Waals surface area contributed by atoms with Crippen LogP contribution < -0.4 is 0 Å². The maximum atomic E-state index is 6.34. The fraction of sp³-hybridized carbons (Fsp3) is 0.171. The molecule has 0 aliphatic rings. The van der Waals surface area contributed by atoms with Crippen molar-refractivity contribution in [2.24, 2.45) is 0 Å². The normalized spacial score (nSPS) is 11.7. The van der Waals surface area contributed by atoms with Gasteiger partial charge in [-0.05, 0) is 72.5 Å². The van der Waals surface area contributed by atoms with Gasteiger partial charge in [0.05, 0.1) is 11.3 Å². The molecule has 0 saturated heterocycles. The van der Waals surface area contributed by atoms with Gasteiger partial charge in [-0.15, -0.1) is 0 Å². The number of nitrogens with zero attached hydrogens (tertiary/aromatic N) is 4. The Morgan fingerprint density at radius 3 is 1.45 bits per heavy atom. The maximum absolute atomic E-state index is 6.34. The van der Waals surface area contributed by atoms with Gasteiger partial charge >= 0.3 is 0 Å². The molecule has 4 nitrogen and oxygen atoms in total. The summed E-state index contributed by atoms with van der Waals surface area (Å²) in [5.74, 6) is 1.99. The van der Waals surface area contributed by atoms with Crippen LogP contribution in [0.25, 0.3) is 11.3 Å². The lowest BCUT2D eigenvalue weighted by Gasteiger charge is -2.28. The summed E-state index contributed by atoms with van der Waals surface area (Å²) in [5, 5.41) is 2.06. The SMILES string of the molecule is CCN(CC)/C(=C(\c1ccc(Cl)cc1)c1nc(Cc2ccc(Cl)cc2)nc(Cc2ccc(Cl)cc2)n1)c1ccccc1. The van der Waals surface area contributed by atoms with Crippen LogP contribution in [0.15, 0.2) is 103 Å². The minimum Gasteiger partial charge on any atom is -0.371 e. The standard InChI is InChI=1S/C35H31Cl3N4/c1-3-42(4-2)34(27-8-6-5-7-9-27)33(26-14-20-30(38)21-15-26)35-40-31(22-24-10-16-28(36)17-11-24)39-32(41-35)23-25-12-18-29(37)19-13-25/h5-21H,3-4,22-23H2,1-2H3/b34-33+. The third kappa shape index (κ3) is 7.38. The minimum absolute atomic E-state index is 0.542. The Kier molecular flexibility index (Phi) is 9.91. The molecule has 42 heavy (non-hydrogen) atoms. The molecule has 0 aliphatic heterocycles. The second kappa shape index (κ2) is 14.0. The zero-order valence-corrected chi connectivity index (χ0v) is 25.8. The van der Waals surface area contributed by atoms with Crippen molar-refractivity contribution < 1.29 is 0 Å². The molecule has 5 aromatic rings. The molecule has 1 aromatic heterocycles. The molecule has 7 heteroatoms. The topological polar surface area (TPSA) is 41.9 Å². The van der Waals surface area contributed by atoms with Crippen LogP contribution in [0.3, 0.4) is 0 Å². The van der Waals surface area contributed by atoms with Crippen LogP contribution in [0, 0.1) is 0 Å². The van der Waals surface area contributed by atoms with Crippen LogP contribution in [0.1, 0.15) is 53.6 Å². The van der Waals surface area contributed by atoms with Crippen molar-refractivity contribution in [2.75, 3.05) is 13.1 Å². The highest BCUT2D eigenvalue weighted by atomic mass is 35.5. The highest BCUT2D eigenvalue weighted by Gasteiger charge is 2.22. The number of benzene rings is 4. The number of hydrogen-bond acceptors (Lipinski definition) is 4. The molecule has 212 valence electrons. The zero-order chi connectivity index (χ0) is 29.5. The summed E-state index contributed by atoms with van der Waals surface area (Å²) in [5.41, 5.74) is 6.19. The predicted octanol–water partition coefficient (Wildman–Crippen LogP) is 9.27. The van der Waals surface area contributed by atoms with E-state index in [1.165, 1.54) is 0 Å². The van der Waals surface area contributed by atoms with Gasteiger partial charge in [-0.25, -0.2) is 15.0 Å². The third-order valence-electron chi connectivity index (χ3n) is 7.00. The summed E-state index contributed by atoms with van der Waals surface area (Å²) in [6, 6.07) is 33.9. The Bertz CT molecular complexity index is 1580. The monoisotopic (exact) mass is 612 g/mol. The first-order chi connectivity index (χ1) is 20.4. The average molecular weight is 614 g/mol. The molecule has 0 spiro atoms. The maximum Gasteiger partial charge on any atom is 0.166 e. The molecule has 0 radical (unpaired) electrons. The van der Waals surface area contributed by atoms with E-state index in [2.05, 4.69) is 43.0 Å². The first-order valence-electron chi connectivity index (χ1n) is 14.0. The van der Waals surface area contributed by atoms with Gasteiger partial charge in [0, 0.05) is 41.0 Å².